The third-order valence-electron chi connectivity index (χ3n) is 3.36. The Kier molecular flexibility index (Phi) is 4.62. The van der Waals surface area contributed by atoms with Crippen LogP contribution in [0.5, 0.6) is 0 Å². The Morgan fingerprint density at radius 3 is 2.79 bits per heavy atom. The van der Waals surface area contributed by atoms with E-state index in [1.165, 1.54) is 25.1 Å². The molecule has 19 heavy (non-hydrogen) atoms. The minimum absolute atomic E-state index is 0.172. The number of sulfonamides is 1. The van der Waals surface area contributed by atoms with Crippen molar-refractivity contribution in [1.29, 1.82) is 0 Å². The second kappa shape index (κ2) is 6.04. The standard InChI is InChI=1S/C12H21N3O3S/c1-2-15(11-3-4-11)6-5-14-19(17,18)12-7-10(9-16)13-8-12/h7-8,11,13-14,16H,2-6,9H2,1H3. The summed E-state index contributed by atoms with van der Waals surface area (Å²) >= 11 is 0. The molecule has 1 saturated carbocycles. The van der Waals surface area contributed by atoms with Crippen molar-refractivity contribution in [2.24, 2.45) is 0 Å². The zero-order valence-electron chi connectivity index (χ0n) is 11.1. The van der Waals surface area contributed by atoms with Crippen molar-refractivity contribution in [3.8, 4) is 0 Å². The third kappa shape index (κ3) is 3.79. The van der Waals surface area contributed by atoms with Crippen LogP contribution >= 0.6 is 0 Å². The number of hydrogen-bond donors (Lipinski definition) is 3. The number of H-pyrrole nitrogens is 1. The van der Waals surface area contributed by atoms with Gasteiger partial charge >= 0.3 is 0 Å². The lowest BCUT2D eigenvalue weighted by atomic mass is 10.4. The summed E-state index contributed by atoms with van der Waals surface area (Å²) < 4.78 is 26.6. The summed E-state index contributed by atoms with van der Waals surface area (Å²) in [5.74, 6) is 0. The van der Waals surface area contributed by atoms with Gasteiger partial charge in [0.15, 0.2) is 0 Å². The first kappa shape index (κ1) is 14.5. The lowest BCUT2D eigenvalue weighted by Crippen LogP contribution is -2.36. The van der Waals surface area contributed by atoms with Gasteiger partial charge < -0.3 is 10.1 Å². The molecule has 1 aromatic rings. The SMILES string of the molecule is CCN(CCNS(=O)(=O)c1c[nH]c(CO)c1)C1CC1. The van der Waals surface area contributed by atoms with Crippen molar-refractivity contribution in [1.82, 2.24) is 14.6 Å². The topological polar surface area (TPSA) is 85.4 Å². The first-order chi connectivity index (χ1) is 9.06. The molecule has 108 valence electrons. The van der Waals surface area contributed by atoms with Crippen molar-refractivity contribution in [2.75, 3.05) is 19.6 Å². The molecule has 2 rings (SSSR count). The summed E-state index contributed by atoms with van der Waals surface area (Å²) in [7, 11) is -3.48. The van der Waals surface area contributed by atoms with Crippen LogP contribution < -0.4 is 4.72 Å². The Morgan fingerprint density at radius 1 is 1.53 bits per heavy atom. The Bertz CT molecular complexity index is 508. The average molecular weight is 287 g/mol. The molecule has 1 aliphatic rings. The van der Waals surface area contributed by atoms with Crippen LogP contribution in [0.25, 0.3) is 0 Å². The summed E-state index contributed by atoms with van der Waals surface area (Å²) in [6.45, 7) is 3.99. The number of hydrogen-bond acceptors (Lipinski definition) is 4. The van der Waals surface area contributed by atoms with E-state index in [1.54, 1.807) is 0 Å². The zero-order valence-corrected chi connectivity index (χ0v) is 11.9. The van der Waals surface area contributed by atoms with Gasteiger partial charge in [-0.2, -0.15) is 0 Å². The maximum absolute atomic E-state index is 12.0. The first-order valence-corrected chi connectivity index (χ1v) is 8.07. The summed E-state index contributed by atoms with van der Waals surface area (Å²) in [6, 6.07) is 2.09. The zero-order chi connectivity index (χ0) is 13.9. The molecule has 7 heteroatoms. The molecule has 6 nitrogen and oxygen atoms in total. The summed E-state index contributed by atoms with van der Waals surface area (Å²) in [6.07, 6.45) is 3.84. The number of aliphatic hydroxyl groups excluding tert-OH is 1. The monoisotopic (exact) mass is 287 g/mol. The summed E-state index contributed by atoms with van der Waals surface area (Å²) in [5.41, 5.74) is 0.494. The van der Waals surface area contributed by atoms with Gasteiger partial charge in [0.05, 0.1) is 11.5 Å². The molecule has 0 unspecified atom stereocenters. The molecule has 0 bridgehead atoms. The molecule has 1 aromatic heterocycles. The van der Waals surface area contributed by atoms with Crippen LogP contribution in [0.4, 0.5) is 0 Å². The fourth-order valence-corrected chi connectivity index (χ4v) is 3.15. The van der Waals surface area contributed by atoms with E-state index < -0.39 is 10.0 Å². The Balaban J connectivity index is 1.86. The lowest BCUT2D eigenvalue weighted by molar-refractivity contribution is 0.277. The predicted molar refractivity (Wildman–Crippen MR) is 72.2 cm³/mol. The van der Waals surface area contributed by atoms with Gasteiger partial charge in [-0.3, -0.25) is 4.90 Å². The van der Waals surface area contributed by atoms with Gasteiger partial charge in [-0.15, -0.1) is 0 Å². The number of aromatic nitrogens is 1. The van der Waals surface area contributed by atoms with E-state index in [0.717, 1.165) is 13.1 Å². The minimum atomic E-state index is -3.48. The van der Waals surface area contributed by atoms with Crippen LogP contribution in [0.1, 0.15) is 25.5 Å². The molecule has 0 radical (unpaired) electrons. The highest BCUT2D eigenvalue weighted by atomic mass is 32.2. The molecule has 0 aliphatic heterocycles. The molecule has 0 spiro atoms. The Labute approximate surface area is 113 Å². The van der Waals surface area contributed by atoms with Gasteiger partial charge in [0, 0.05) is 31.0 Å². The average Bonchev–Trinajstić information content (AvgIpc) is 3.10. The van der Waals surface area contributed by atoms with Crippen molar-refractivity contribution >= 4 is 10.0 Å². The highest BCUT2D eigenvalue weighted by Gasteiger charge is 2.27. The van der Waals surface area contributed by atoms with E-state index in [4.69, 9.17) is 5.11 Å². The quantitative estimate of drug-likeness (QED) is 0.640. The highest BCUT2D eigenvalue weighted by Crippen LogP contribution is 2.25. The lowest BCUT2D eigenvalue weighted by Gasteiger charge is -2.19. The highest BCUT2D eigenvalue weighted by molar-refractivity contribution is 7.89. The number of nitrogens with one attached hydrogen (secondary N) is 2. The molecule has 1 fully saturated rings. The van der Waals surface area contributed by atoms with Gasteiger partial charge in [0.25, 0.3) is 0 Å². The van der Waals surface area contributed by atoms with Crippen LogP contribution in [0.3, 0.4) is 0 Å². The van der Waals surface area contributed by atoms with E-state index in [0.29, 0.717) is 18.3 Å². The van der Waals surface area contributed by atoms with Crippen LogP contribution in [0, 0.1) is 0 Å². The molecule has 0 atom stereocenters. The number of likely N-dealkylation sites (N-methyl/N-ethyl adjacent to an activating group) is 1. The largest absolute Gasteiger partial charge is 0.390 e. The maximum atomic E-state index is 12.0. The van der Waals surface area contributed by atoms with Crippen LogP contribution in [-0.2, 0) is 16.6 Å². The van der Waals surface area contributed by atoms with E-state index in [1.807, 2.05) is 0 Å². The smallest absolute Gasteiger partial charge is 0.242 e. The van der Waals surface area contributed by atoms with E-state index >= 15 is 0 Å². The van der Waals surface area contributed by atoms with Crippen molar-refractivity contribution in [3.05, 3.63) is 18.0 Å². The van der Waals surface area contributed by atoms with Crippen molar-refractivity contribution in [3.63, 3.8) is 0 Å². The van der Waals surface area contributed by atoms with Gasteiger partial charge in [0.2, 0.25) is 10.0 Å². The van der Waals surface area contributed by atoms with E-state index in [9.17, 15) is 8.42 Å². The predicted octanol–water partition coefficient (Wildman–Crippen LogP) is 0.270. The normalized spacial score (nSPS) is 16.2. The molecule has 0 aromatic carbocycles. The summed E-state index contributed by atoms with van der Waals surface area (Å²) in [5, 5.41) is 8.91. The fraction of sp³-hybridized carbons (Fsp3) is 0.667. The molecule has 3 N–H and O–H groups in total. The second-order valence-corrected chi connectivity index (χ2v) is 6.54. The fourth-order valence-electron chi connectivity index (χ4n) is 2.11. The number of aromatic amines is 1. The number of aliphatic hydroxyl groups is 1. The Hall–Kier alpha value is -0.890. The van der Waals surface area contributed by atoms with Crippen LogP contribution in [-0.4, -0.2) is 49.1 Å². The molecule has 0 amide bonds. The maximum Gasteiger partial charge on any atom is 0.242 e. The molecular weight excluding hydrogens is 266 g/mol. The molecular formula is C12H21N3O3S. The second-order valence-electron chi connectivity index (χ2n) is 4.78. The summed E-state index contributed by atoms with van der Waals surface area (Å²) in [4.78, 5) is 5.18. The van der Waals surface area contributed by atoms with Crippen molar-refractivity contribution < 1.29 is 13.5 Å². The first-order valence-electron chi connectivity index (χ1n) is 6.58. The van der Waals surface area contributed by atoms with Gasteiger partial charge in [-0.25, -0.2) is 13.1 Å². The molecule has 1 aliphatic carbocycles. The van der Waals surface area contributed by atoms with E-state index in [2.05, 4.69) is 21.5 Å². The van der Waals surface area contributed by atoms with Gasteiger partial charge in [-0.05, 0) is 25.5 Å². The number of rotatable bonds is 8. The Morgan fingerprint density at radius 2 is 2.26 bits per heavy atom. The van der Waals surface area contributed by atoms with Crippen molar-refractivity contribution in [2.45, 2.75) is 37.3 Å². The van der Waals surface area contributed by atoms with Crippen LogP contribution in [0.2, 0.25) is 0 Å². The van der Waals surface area contributed by atoms with Gasteiger partial charge in [-0.1, -0.05) is 6.92 Å². The van der Waals surface area contributed by atoms with E-state index in [-0.39, 0.29) is 11.5 Å². The van der Waals surface area contributed by atoms with Gasteiger partial charge in [0.1, 0.15) is 0 Å². The number of nitrogens with zero attached hydrogens (tertiary/aromatic N) is 1. The third-order valence-corrected chi connectivity index (χ3v) is 4.80. The van der Waals surface area contributed by atoms with Crippen LogP contribution in [0.15, 0.2) is 17.2 Å². The molecule has 1 heterocycles. The molecule has 0 saturated heterocycles. The minimum Gasteiger partial charge on any atom is -0.390 e.